The van der Waals surface area contributed by atoms with Gasteiger partial charge in [-0.1, -0.05) is 50.6 Å². The van der Waals surface area contributed by atoms with Crippen LogP contribution in [0.4, 0.5) is 0 Å². The maximum absolute atomic E-state index is 11.6. The summed E-state index contributed by atoms with van der Waals surface area (Å²) in [5, 5.41) is 14.4. The minimum atomic E-state index is -1.06. The molecule has 0 atom stereocenters. The molecular formula is C17H16ClN3O2. The fraction of sp³-hybridized carbons (Fsp3) is 0.235. The second kappa shape index (κ2) is 5.35. The van der Waals surface area contributed by atoms with E-state index in [0.29, 0.717) is 21.9 Å². The van der Waals surface area contributed by atoms with Crippen molar-refractivity contribution >= 4 is 23.2 Å². The van der Waals surface area contributed by atoms with E-state index < -0.39 is 5.97 Å². The van der Waals surface area contributed by atoms with Gasteiger partial charge in [-0.15, -0.1) is 0 Å². The van der Waals surface area contributed by atoms with Crippen molar-refractivity contribution in [3.05, 3.63) is 52.8 Å². The molecule has 0 aliphatic carbocycles. The number of nitrogens with zero attached hydrogens (tertiary/aromatic N) is 3. The number of aromatic nitrogens is 3. The van der Waals surface area contributed by atoms with Crippen LogP contribution in [0.3, 0.4) is 0 Å². The Morgan fingerprint density at radius 3 is 2.52 bits per heavy atom. The highest BCUT2D eigenvalue weighted by atomic mass is 35.5. The van der Waals surface area contributed by atoms with Crippen molar-refractivity contribution in [1.82, 2.24) is 14.6 Å². The molecule has 1 N–H and O–H groups in total. The first kappa shape index (κ1) is 15.5. The summed E-state index contributed by atoms with van der Waals surface area (Å²) < 4.78 is 1.36. The topological polar surface area (TPSA) is 67.5 Å². The molecule has 0 aliphatic rings. The van der Waals surface area contributed by atoms with Crippen molar-refractivity contribution < 1.29 is 9.90 Å². The predicted molar refractivity (Wildman–Crippen MR) is 89.1 cm³/mol. The smallest absolute Gasteiger partial charge is 0.354 e. The summed E-state index contributed by atoms with van der Waals surface area (Å²) in [5.41, 5.74) is 2.33. The van der Waals surface area contributed by atoms with Gasteiger partial charge in [-0.3, -0.25) is 0 Å². The second-order valence-corrected chi connectivity index (χ2v) is 6.77. The van der Waals surface area contributed by atoms with Crippen molar-refractivity contribution in [3.8, 4) is 11.3 Å². The third-order valence-electron chi connectivity index (χ3n) is 3.56. The molecule has 2 heterocycles. The van der Waals surface area contributed by atoms with Gasteiger partial charge in [-0.2, -0.15) is 5.10 Å². The number of rotatable bonds is 2. The predicted octanol–water partition coefficient (Wildman–Crippen LogP) is 4.05. The number of aromatic carboxylic acids is 1. The summed E-state index contributed by atoms with van der Waals surface area (Å²) in [6, 6.07) is 10.5. The van der Waals surface area contributed by atoms with Crippen LogP contribution in [0.15, 0.2) is 36.4 Å². The zero-order valence-electron chi connectivity index (χ0n) is 13.0. The average Bonchev–Trinajstić information content (AvgIpc) is 2.90. The normalized spacial score (nSPS) is 11.8. The minimum Gasteiger partial charge on any atom is -0.477 e. The van der Waals surface area contributed by atoms with Crippen molar-refractivity contribution in [2.45, 2.75) is 26.2 Å². The molecule has 0 bridgehead atoms. The number of carbonyl (C=O) groups is 1. The molecule has 2 aromatic heterocycles. The van der Waals surface area contributed by atoms with Gasteiger partial charge < -0.3 is 5.11 Å². The molecule has 0 radical (unpaired) electrons. The summed E-state index contributed by atoms with van der Waals surface area (Å²) in [7, 11) is 0. The van der Waals surface area contributed by atoms with Gasteiger partial charge in [0.25, 0.3) is 0 Å². The maximum Gasteiger partial charge on any atom is 0.354 e. The number of halogens is 1. The third-order valence-corrected chi connectivity index (χ3v) is 3.89. The molecule has 1 aromatic carbocycles. The van der Waals surface area contributed by atoms with Gasteiger partial charge in [0.05, 0.1) is 11.4 Å². The van der Waals surface area contributed by atoms with Gasteiger partial charge >= 0.3 is 5.97 Å². The van der Waals surface area contributed by atoms with Crippen molar-refractivity contribution in [3.63, 3.8) is 0 Å². The lowest BCUT2D eigenvalue weighted by atomic mass is 9.93. The van der Waals surface area contributed by atoms with Crippen LogP contribution in [0.5, 0.6) is 0 Å². The van der Waals surface area contributed by atoms with Gasteiger partial charge in [-0.05, 0) is 12.1 Å². The van der Waals surface area contributed by atoms with Crippen LogP contribution >= 0.6 is 11.6 Å². The van der Waals surface area contributed by atoms with E-state index in [1.165, 1.54) is 10.6 Å². The molecule has 0 aliphatic heterocycles. The Morgan fingerprint density at radius 2 is 1.91 bits per heavy atom. The number of hydrogen-bond acceptors (Lipinski definition) is 3. The molecule has 0 spiro atoms. The van der Waals surface area contributed by atoms with Crippen LogP contribution < -0.4 is 0 Å². The molecule has 0 fully saturated rings. The largest absolute Gasteiger partial charge is 0.477 e. The number of fused-ring (bicyclic) bond motifs is 1. The Kier molecular flexibility index (Phi) is 3.60. The van der Waals surface area contributed by atoms with Crippen molar-refractivity contribution in [2.24, 2.45) is 0 Å². The number of carboxylic acid groups (broad SMARTS) is 1. The molecule has 6 heteroatoms. The zero-order valence-corrected chi connectivity index (χ0v) is 13.8. The van der Waals surface area contributed by atoms with Gasteiger partial charge in [0, 0.05) is 22.1 Å². The molecule has 0 saturated carbocycles. The third kappa shape index (κ3) is 2.80. The highest BCUT2D eigenvalue weighted by Crippen LogP contribution is 2.28. The number of hydrogen-bond donors (Lipinski definition) is 1. The molecule has 118 valence electrons. The molecule has 23 heavy (non-hydrogen) atoms. The molecular weight excluding hydrogens is 314 g/mol. The molecule has 3 aromatic rings. The second-order valence-electron chi connectivity index (χ2n) is 6.36. The van der Waals surface area contributed by atoms with Gasteiger partial charge in [0.2, 0.25) is 0 Å². The van der Waals surface area contributed by atoms with E-state index in [1.54, 1.807) is 6.07 Å². The van der Waals surface area contributed by atoms with E-state index in [-0.39, 0.29) is 11.1 Å². The van der Waals surface area contributed by atoms with Gasteiger partial charge in [0.1, 0.15) is 0 Å². The van der Waals surface area contributed by atoms with E-state index in [9.17, 15) is 9.90 Å². The summed E-state index contributed by atoms with van der Waals surface area (Å²) in [5.74, 6) is -1.06. The lowest BCUT2D eigenvalue weighted by Crippen LogP contribution is -2.13. The molecule has 0 saturated heterocycles. The highest BCUT2D eigenvalue weighted by molar-refractivity contribution is 6.33. The summed E-state index contributed by atoms with van der Waals surface area (Å²) in [6.45, 7) is 6.05. The fourth-order valence-electron chi connectivity index (χ4n) is 2.30. The molecule has 0 amide bonds. The first-order valence-corrected chi connectivity index (χ1v) is 7.54. The van der Waals surface area contributed by atoms with Gasteiger partial charge in [-0.25, -0.2) is 14.3 Å². The fourth-order valence-corrected chi connectivity index (χ4v) is 2.53. The Balaban J connectivity index is 2.30. The average molecular weight is 330 g/mol. The van der Waals surface area contributed by atoms with Crippen LogP contribution in [0.25, 0.3) is 16.9 Å². The monoisotopic (exact) mass is 329 g/mol. The summed E-state index contributed by atoms with van der Waals surface area (Å²) >= 11 is 6.21. The first-order chi connectivity index (χ1) is 10.8. The molecule has 3 rings (SSSR count). The van der Waals surface area contributed by atoms with E-state index >= 15 is 0 Å². The zero-order chi connectivity index (χ0) is 16.8. The number of carboxylic acids is 1. The van der Waals surface area contributed by atoms with Crippen LogP contribution in [0.2, 0.25) is 5.02 Å². The molecule has 0 unspecified atom stereocenters. The van der Waals surface area contributed by atoms with Crippen LogP contribution in [0, 0.1) is 0 Å². The Labute approximate surface area is 138 Å². The van der Waals surface area contributed by atoms with Gasteiger partial charge in [0.15, 0.2) is 11.3 Å². The van der Waals surface area contributed by atoms with E-state index in [4.69, 9.17) is 11.6 Å². The summed E-state index contributed by atoms with van der Waals surface area (Å²) in [6.07, 6.45) is 0. The Morgan fingerprint density at radius 1 is 1.22 bits per heavy atom. The maximum atomic E-state index is 11.6. The Hall–Kier alpha value is -2.40. The quantitative estimate of drug-likeness (QED) is 0.770. The van der Waals surface area contributed by atoms with Crippen LogP contribution in [-0.4, -0.2) is 25.7 Å². The number of benzene rings is 1. The summed E-state index contributed by atoms with van der Waals surface area (Å²) in [4.78, 5) is 16.2. The lowest BCUT2D eigenvalue weighted by Gasteiger charge is -2.13. The van der Waals surface area contributed by atoms with E-state index in [0.717, 1.165) is 5.69 Å². The van der Waals surface area contributed by atoms with Crippen molar-refractivity contribution in [1.29, 1.82) is 0 Å². The molecule has 5 nitrogen and oxygen atoms in total. The van der Waals surface area contributed by atoms with E-state index in [1.807, 2.05) is 45.0 Å². The SMILES string of the molecule is CC(C)(C)c1cc2nc(-c3ccccc3Cl)cc(C(=O)O)n2n1. The Bertz CT molecular complexity index is 910. The minimum absolute atomic E-state index is 0.0559. The first-order valence-electron chi connectivity index (χ1n) is 7.17. The van der Waals surface area contributed by atoms with Crippen LogP contribution in [0.1, 0.15) is 37.0 Å². The highest BCUT2D eigenvalue weighted by Gasteiger charge is 2.22. The standard InChI is InChI=1S/C17H16ClN3O2/c1-17(2,3)14-9-15-19-12(10-6-4-5-7-11(10)18)8-13(16(22)23)21(15)20-14/h4-9H,1-3H3,(H,22,23). The van der Waals surface area contributed by atoms with Crippen molar-refractivity contribution in [2.75, 3.05) is 0 Å². The lowest BCUT2D eigenvalue weighted by molar-refractivity contribution is 0.0687. The van der Waals surface area contributed by atoms with E-state index in [2.05, 4.69) is 10.1 Å². The van der Waals surface area contributed by atoms with Crippen LogP contribution in [-0.2, 0) is 5.41 Å².